The third-order valence-electron chi connectivity index (χ3n) is 5.71. The summed E-state index contributed by atoms with van der Waals surface area (Å²) in [5.74, 6) is 0.945. The van der Waals surface area contributed by atoms with Crippen LogP contribution in [-0.2, 0) is 0 Å². The largest absolute Gasteiger partial charge is 0.371 e. The summed E-state index contributed by atoms with van der Waals surface area (Å²) < 4.78 is 0. The van der Waals surface area contributed by atoms with Gasteiger partial charge in [-0.2, -0.15) is 0 Å². The van der Waals surface area contributed by atoms with E-state index >= 15 is 0 Å². The number of hydrogen-bond acceptors (Lipinski definition) is 4. The Hall–Kier alpha value is -2.01. The lowest BCUT2D eigenvalue weighted by atomic mass is 9.99. The maximum atomic E-state index is 6.07. The third-order valence-corrected chi connectivity index (χ3v) is 5.96. The van der Waals surface area contributed by atoms with Gasteiger partial charge in [0.15, 0.2) is 0 Å². The minimum atomic E-state index is 0. The molecule has 0 amide bonds. The van der Waals surface area contributed by atoms with Gasteiger partial charge < -0.3 is 15.1 Å². The van der Waals surface area contributed by atoms with E-state index in [0.717, 1.165) is 48.0 Å². The summed E-state index contributed by atoms with van der Waals surface area (Å²) in [5.41, 5.74) is 3.53. The molecule has 1 N–H and O–H groups in total. The van der Waals surface area contributed by atoms with Crippen molar-refractivity contribution in [3.8, 4) is 0 Å². The second kappa shape index (κ2) is 9.64. The fourth-order valence-electron chi connectivity index (χ4n) is 4.25. The van der Waals surface area contributed by atoms with Crippen LogP contribution in [-0.4, -0.2) is 36.7 Å². The Labute approximate surface area is 197 Å². The van der Waals surface area contributed by atoms with Gasteiger partial charge in [-0.05, 0) is 63.9 Å². The Morgan fingerprint density at radius 2 is 1.68 bits per heavy atom. The van der Waals surface area contributed by atoms with E-state index in [2.05, 4.69) is 73.3 Å². The van der Waals surface area contributed by atoms with E-state index in [1.54, 1.807) is 0 Å². The monoisotopic (exact) mass is 458 g/mol. The van der Waals surface area contributed by atoms with Crippen LogP contribution in [0.3, 0.4) is 0 Å². The van der Waals surface area contributed by atoms with Crippen LogP contribution in [0.5, 0.6) is 0 Å². The normalized spacial score (nSPS) is 15.1. The number of halogens is 2. The average molecular weight is 459 g/mol. The first-order chi connectivity index (χ1) is 14.3. The number of hydrogen-bond donors (Lipinski definition) is 1. The maximum Gasteiger partial charge on any atom is 0.135 e. The van der Waals surface area contributed by atoms with E-state index < -0.39 is 0 Å². The van der Waals surface area contributed by atoms with Crippen LogP contribution in [0.4, 0.5) is 17.2 Å². The smallest absolute Gasteiger partial charge is 0.135 e. The van der Waals surface area contributed by atoms with Gasteiger partial charge in [-0.15, -0.1) is 12.4 Å². The highest BCUT2D eigenvalue weighted by molar-refractivity contribution is 6.30. The molecule has 0 saturated carbocycles. The molecule has 2 heterocycles. The van der Waals surface area contributed by atoms with Gasteiger partial charge in [0.05, 0.1) is 5.52 Å². The zero-order valence-corrected chi connectivity index (χ0v) is 20.3. The molecule has 1 aliphatic heterocycles. The lowest BCUT2D eigenvalue weighted by molar-refractivity contribution is 0.317. The predicted molar refractivity (Wildman–Crippen MR) is 137 cm³/mol. The fraction of sp³-hybridized carbons (Fsp3) is 0.400. The minimum Gasteiger partial charge on any atom is -0.371 e. The van der Waals surface area contributed by atoms with Gasteiger partial charge in [-0.1, -0.05) is 29.8 Å². The molecule has 4 nitrogen and oxygen atoms in total. The highest BCUT2D eigenvalue weighted by atomic mass is 35.5. The zero-order chi connectivity index (χ0) is 21.3. The molecule has 3 aromatic rings. The molecule has 0 bridgehead atoms. The number of pyridine rings is 1. The molecule has 1 saturated heterocycles. The molecule has 0 unspecified atom stereocenters. The van der Waals surface area contributed by atoms with Crippen LogP contribution in [0.2, 0.25) is 5.02 Å². The molecule has 31 heavy (non-hydrogen) atoms. The lowest BCUT2D eigenvalue weighted by Crippen LogP contribution is -2.49. The van der Waals surface area contributed by atoms with Crippen molar-refractivity contribution >= 4 is 52.1 Å². The molecule has 2 aromatic carbocycles. The number of rotatable bonds is 4. The van der Waals surface area contributed by atoms with Crippen LogP contribution < -0.4 is 15.1 Å². The van der Waals surface area contributed by atoms with Gasteiger partial charge in [0.25, 0.3) is 0 Å². The van der Waals surface area contributed by atoms with Gasteiger partial charge in [0.1, 0.15) is 5.82 Å². The number of piperidine rings is 1. The first-order valence-electron chi connectivity index (χ1n) is 10.7. The van der Waals surface area contributed by atoms with Crippen molar-refractivity contribution in [2.45, 2.75) is 45.2 Å². The SMILES string of the molecule is CN(c1ccc(Cl)cc1)c1cc(N2CCC(NC(C)(C)C)CC2)c2ccccc2n1.Cl. The third kappa shape index (κ3) is 5.62. The van der Waals surface area contributed by atoms with Gasteiger partial charge in [0, 0.05) is 59.6 Å². The second-order valence-corrected chi connectivity index (χ2v) is 9.64. The van der Waals surface area contributed by atoms with Gasteiger partial charge in [0.2, 0.25) is 0 Å². The summed E-state index contributed by atoms with van der Waals surface area (Å²) >= 11 is 6.07. The van der Waals surface area contributed by atoms with Crippen LogP contribution in [0.15, 0.2) is 54.6 Å². The van der Waals surface area contributed by atoms with Crippen molar-refractivity contribution in [2.24, 2.45) is 0 Å². The number of nitrogens with zero attached hydrogens (tertiary/aromatic N) is 3. The number of fused-ring (bicyclic) bond motifs is 1. The van der Waals surface area contributed by atoms with Crippen molar-refractivity contribution in [3.05, 3.63) is 59.6 Å². The Balaban J connectivity index is 0.00000272. The molecule has 1 aliphatic rings. The predicted octanol–water partition coefficient (Wildman–Crippen LogP) is 6.43. The van der Waals surface area contributed by atoms with Crippen LogP contribution in [0.1, 0.15) is 33.6 Å². The molecule has 6 heteroatoms. The van der Waals surface area contributed by atoms with E-state index in [-0.39, 0.29) is 17.9 Å². The van der Waals surface area contributed by atoms with Crippen LogP contribution in [0.25, 0.3) is 10.9 Å². The molecule has 0 atom stereocenters. The molecule has 0 aliphatic carbocycles. The van der Waals surface area contributed by atoms with E-state index in [1.165, 1.54) is 11.1 Å². The number of benzene rings is 2. The minimum absolute atomic E-state index is 0. The molecule has 166 valence electrons. The molecule has 4 rings (SSSR count). The van der Waals surface area contributed by atoms with Gasteiger partial charge >= 0.3 is 0 Å². The Kier molecular flexibility index (Phi) is 7.35. The van der Waals surface area contributed by atoms with Gasteiger partial charge in [-0.25, -0.2) is 4.98 Å². The summed E-state index contributed by atoms with van der Waals surface area (Å²) in [6.45, 7) is 8.83. The molecule has 0 spiro atoms. The topological polar surface area (TPSA) is 31.4 Å². The highest BCUT2D eigenvalue weighted by Crippen LogP contribution is 2.34. The molecular weight excluding hydrogens is 427 g/mol. The molecular formula is C25H32Cl2N4. The Morgan fingerprint density at radius 1 is 1.03 bits per heavy atom. The lowest BCUT2D eigenvalue weighted by Gasteiger charge is -2.38. The summed E-state index contributed by atoms with van der Waals surface area (Å²) in [5, 5.41) is 5.72. The molecule has 1 aromatic heterocycles. The van der Waals surface area contributed by atoms with Crippen LogP contribution >= 0.6 is 24.0 Å². The van der Waals surface area contributed by atoms with E-state index in [9.17, 15) is 0 Å². The van der Waals surface area contributed by atoms with Crippen LogP contribution in [0, 0.1) is 0 Å². The fourth-order valence-corrected chi connectivity index (χ4v) is 4.38. The Morgan fingerprint density at radius 3 is 2.32 bits per heavy atom. The number of nitrogens with one attached hydrogen (secondary N) is 1. The number of aromatic nitrogens is 1. The summed E-state index contributed by atoms with van der Waals surface area (Å²) in [6.07, 6.45) is 2.30. The summed E-state index contributed by atoms with van der Waals surface area (Å²) in [6, 6.07) is 19.2. The molecule has 1 fully saturated rings. The maximum absolute atomic E-state index is 6.07. The Bertz CT molecular complexity index is 1010. The first kappa shape index (κ1) is 23.6. The highest BCUT2D eigenvalue weighted by Gasteiger charge is 2.24. The summed E-state index contributed by atoms with van der Waals surface area (Å²) in [4.78, 5) is 9.59. The van der Waals surface area contributed by atoms with Crippen molar-refractivity contribution in [1.29, 1.82) is 0 Å². The second-order valence-electron chi connectivity index (χ2n) is 9.21. The number of para-hydroxylation sites is 1. The number of anilines is 3. The molecule has 0 radical (unpaired) electrons. The summed E-state index contributed by atoms with van der Waals surface area (Å²) in [7, 11) is 2.06. The van der Waals surface area contributed by atoms with Crippen molar-refractivity contribution in [2.75, 3.05) is 29.9 Å². The van der Waals surface area contributed by atoms with E-state index in [1.807, 2.05) is 24.3 Å². The quantitative estimate of drug-likeness (QED) is 0.487. The van der Waals surface area contributed by atoms with Crippen molar-refractivity contribution in [1.82, 2.24) is 10.3 Å². The average Bonchev–Trinajstić information content (AvgIpc) is 2.72. The standard InChI is InChI=1S/C25H31ClN4.ClH/c1-25(2,3)28-19-13-15-30(16-14-19)23-17-24(27-22-8-6-5-7-21(22)23)29(4)20-11-9-18(26)10-12-20;/h5-12,17,19,28H,13-16H2,1-4H3;1H. The van der Waals surface area contributed by atoms with E-state index in [0.29, 0.717) is 6.04 Å². The van der Waals surface area contributed by atoms with E-state index in [4.69, 9.17) is 16.6 Å². The van der Waals surface area contributed by atoms with Crippen molar-refractivity contribution < 1.29 is 0 Å². The first-order valence-corrected chi connectivity index (χ1v) is 11.1. The van der Waals surface area contributed by atoms with Crippen molar-refractivity contribution in [3.63, 3.8) is 0 Å². The van der Waals surface area contributed by atoms with Gasteiger partial charge in [-0.3, -0.25) is 0 Å². The zero-order valence-electron chi connectivity index (χ0n) is 18.7.